The van der Waals surface area contributed by atoms with Crippen LogP contribution in [0.15, 0.2) is 36.5 Å². The van der Waals surface area contributed by atoms with Crippen LogP contribution in [0.5, 0.6) is 0 Å². The molecule has 0 rings (SSSR count). The average molecular weight is 841 g/mol. The van der Waals surface area contributed by atoms with E-state index in [4.69, 9.17) is 10.2 Å². The third kappa shape index (κ3) is 56.2. The molecule has 0 unspecified atom stereocenters. The van der Waals surface area contributed by atoms with Gasteiger partial charge in [0.25, 0.3) is 0 Å². The Morgan fingerprint density at radius 2 is 0.317 bits per heavy atom. The zero-order chi connectivity index (χ0) is 43.3. The van der Waals surface area contributed by atoms with E-state index in [1.807, 2.05) is 0 Å². The normalized spacial score (nSPS) is 11.9. The standard InChI is InChI=1S/C56H104O4/c57-55(58)53-51-49-47-45-43-41-39-37-35-33-31-29-27-25-23-21-19-17-15-13-11-9-7-5-3-1-2-4-6-8-10-12-14-16-18-20-22-24-26-28-30-32-34-36-38-40-42-44-46-48-50-52-54-56(59)60/h35,37,51-54H,1-34,36,38-50H2,(H,57,58)(H,59,60). The van der Waals surface area contributed by atoms with Crippen molar-refractivity contribution in [2.75, 3.05) is 0 Å². The smallest absolute Gasteiger partial charge is 0.327 e. The fourth-order valence-corrected chi connectivity index (χ4v) is 8.72. The van der Waals surface area contributed by atoms with Gasteiger partial charge in [0, 0.05) is 12.2 Å². The molecule has 0 aliphatic carbocycles. The average Bonchev–Trinajstić information content (AvgIpc) is 3.23. The van der Waals surface area contributed by atoms with Crippen molar-refractivity contribution in [1.29, 1.82) is 0 Å². The fraction of sp³-hybridized carbons (Fsp3) is 0.857. The van der Waals surface area contributed by atoms with Crippen LogP contribution in [0.25, 0.3) is 0 Å². The summed E-state index contributed by atoms with van der Waals surface area (Å²) in [5.74, 6) is -1.67. The van der Waals surface area contributed by atoms with Crippen molar-refractivity contribution in [2.45, 2.75) is 308 Å². The molecule has 4 heteroatoms. The Balaban J connectivity index is 3.11. The second-order valence-electron chi connectivity index (χ2n) is 18.7. The first kappa shape index (κ1) is 58.2. The largest absolute Gasteiger partial charge is 0.478 e. The van der Waals surface area contributed by atoms with Crippen molar-refractivity contribution < 1.29 is 19.8 Å². The van der Waals surface area contributed by atoms with Crippen molar-refractivity contribution >= 4 is 11.9 Å². The molecule has 4 nitrogen and oxygen atoms in total. The van der Waals surface area contributed by atoms with Crippen LogP contribution in [0.1, 0.15) is 308 Å². The second kappa shape index (κ2) is 53.3. The zero-order valence-electron chi connectivity index (χ0n) is 40.1. The Morgan fingerprint density at radius 3 is 0.450 bits per heavy atom. The molecule has 0 fully saturated rings. The van der Waals surface area contributed by atoms with Gasteiger partial charge in [-0.3, -0.25) is 0 Å². The van der Waals surface area contributed by atoms with E-state index in [1.165, 1.54) is 295 Å². The number of aliphatic carboxylic acids is 2. The highest BCUT2D eigenvalue weighted by Crippen LogP contribution is 2.18. The van der Waals surface area contributed by atoms with Crippen LogP contribution in [0.2, 0.25) is 0 Å². The molecule has 0 aromatic heterocycles. The molecule has 0 heterocycles. The minimum atomic E-state index is -0.839. The SMILES string of the molecule is O=C(O)C=CCCCCCCC=CCCCCCCCCCCCCCCCCCCCCCCCCCCCCCCCCCCCCCCCCCCC=CC(=O)O. The molecule has 0 saturated carbocycles. The number of carboxylic acid groups (broad SMARTS) is 2. The van der Waals surface area contributed by atoms with Crippen molar-refractivity contribution in [3.05, 3.63) is 36.5 Å². The lowest BCUT2D eigenvalue weighted by molar-refractivity contribution is -0.132. The fourth-order valence-electron chi connectivity index (χ4n) is 8.72. The zero-order valence-corrected chi connectivity index (χ0v) is 40.1. The Labute approximate surface area is 375 Å². The van der Waals surface area contributed by atoms with Crippen molar-refractivity contribution in [3.63, 3.8) is 0 Å². The molecule has 0 saturated heterocycles. The molecule has 60 heavy (non-hydrogen) atoms. The molecule has 0 spiro atoms. The summed E-state index contributed by atoms with van der Waals surface area (Å²) < 4.78 is 0. The number of rotatable bonds is 52. The lowest BCUT2D eigenvalue weighted by Gasteiger charge is -2.05. The molecule has 0 aromatic rings. The van der Waals surface area contributed by atoms with Gasteiger partial charge in [-0.25, -0.2) is 9.59 Å². The summed E-state index contributed by atoms with van der Waals surface area (Å²) in [7, 11) is 0. The van der Waals surface area contributed by atoms with Crippen LogP contribution in [0.4, 0.5) is 0 Å². The summed E-state index contributed by atoms with van der Waals surface area (Å²) in [5, 5.41) is 17.2. The van der Waals surface area contributed by atoms with Crippen molar-refractivity contribution in [1.82, 2.24) is 0 Å². The highest BCUT2D eigenvalue weighted by atomic mass is 16.4. The van der Waals surface area contributed by atoms with Gasteiger partial charge >= 0.3 is 11.9 Å². The summed E-state index contributed by atoms with van der Waals surface area (Å²) in [6, 6.07) is 0. The van der Waals surface area contributed by atoms with Gasteiger partial charge in [-0.1, -0.05) is 281 Å². The third-order valence-corrected chi connectivity index (χ3v) is 12.7. The summed E-state index contributed by atoms with van der Waals surface area (Å²) in [6.45, 7) is 0. The molecule has 0 aliphatic heterocycles. The van der Waals surface area contributed by atoms with E-state index in [1.54, 1.807) is 12.2 Å². The van der Waals surface area contributed by atoms with E-state index in [2.05, 4.69) is 12.2 Å². The van der Waals surface area contributed by atoms with Gasteiger partial charge in [-0.15, -0.1) is 0 Å². The predicted molar refractivity (Wildman–Crippen MR) is 264 cm³/mol. The molecule has 2 N–H and O–H groups in total. The number of hydrogen-bond acceptors (Lipinski definition) is 2. The first-order chi connectivity index (χ1) is 29.6. The Hall–Kier alpha value is -1.84. The van der Waals surface area contributed by atoms with Crippen LogP contribution in [-0.2, 0) is 9.59 Å². The summed E-state index contributed by atoms with van der Waals surface area (Å²) >= 11 is 0. The molecule has 0 amide bonds. The van der Waals surface area contributed by atoms with Gasteiger partial charge in [0.05, 0.1) is 0 Å². The van der Waals surface area contributed by atoms with Crippen LogP contribution >= 0.6 is 0 Å². The minimum absolute atomic E-state index is 0.830. The molecular weight excluding hydrogens is 737 g/mol. The van der Waals surface area contributed by atoms with Crippen LogP contribution < -0.4 is 0 Å². The number of carboxylic acids is 2. The molecule has 0 aliphatic rings. The lowest BCUT2D eigenvalue weighted by atomic mass is 10.0. The summed E-state index contributed by atoms with van der Waals surface area (Å²) in [5.41, 5.74) is 0. The quantitative estimate of drug-likeness (QED) is 0.0363. The number of hydrogen-bond donors (Lipinski definition) is 2. The Morgan fingerprint density at radius 1 is 0.200 bits per heavy atom. The van der Waals surface area contributed by atoms with Gasteiger partial charge < -0.3 is 10.2 Å². The number of carbonyl (C=O) groups is 2. The topological polar surface area (TPSA) is 74.6 Å². The van der Waals surface area contributed by atoms with E-state index in [0.29, 0.717) is 0 Å². The van der Waals surface area contributed by atoms with E-state index in [-0.39, 0.29) is 0 Å². The minimum Gasteiger partial charge on any atom is -0.478 e. The van der Waals surface area contributed by atoms with Gasteiger partial charge in [-0.2, -0.15) is 0 Å². The summed E-state index contributed by atoms with van der Waals surface area (Å²) in [6.07, 6.45) is 77.0. The van der Waals surface area contributed by atoms with Gasteiger partial charge in [-0.05, 0) is 51.4 Å². The molecule has 352 valence electrons. The van der Waals surface area contributed by atoms with Crippen LogP contribution in [0.3, 0.4) is 0 Å². The highest BCUT2D eigenvalue weighted by Gasteiger charge is 1.99. The maximum atomic E-state index is 10.4. The predicted octanol–water partition coefficient (Wildman–Crippen LogP) is 19.5. The maximum Gasteiger partial charge on any atom is 0.327 e. The molecule has 0 bridgehead atoms. The number of unbranched alkanes of at least 4 members (excludes halogenated alkanes) is 46. The monoisotopic (exact) mass is 841 g/mol. The second-order valence-corrected chi connectivity index (χ2v) is 18.7. The van der Waals surface area contributed by atoms with Crippen LogP contribution in [-0.4, -0.2) is 22.2 Å². The third-order valence-electron chi connectivity index (χ3n) is 12.7. The van der Waals surface area contributed by atoms with Gasteiger partial charge in [0.2, 0.25) is 0 Å². The van der Waals surface area contributed by atoms with Gasteiger partial charge in [0.1, 0.15) is 0 Å². The molecular formula is C56H104O4. The number of allylic oxidation sites excluding steroid dienone is 4. The Bertz CT molecular complexity index is 936. The summed E-state index contributed by atoms with van der Waals surface area (Å²) in [4.78, 5) is 20.9. The van der Waals surface area contributed by atoms with Crippen molar-refractivity contribution in [3.8, 4) is 0 Å². The molecule has 0 aromatic carbocycles. The van der Waals surface area contributed by atoms with E-state index < -0.39 is 11.9 Å². The van der Waals surface area contributed by atoms with Crippen LogP contribution in [0, 0.1) is 0 Å². The Kier molecular flexibility index (Phi) is 51.7. The first-order valence-corrected chi connectivity index (χ1v) is 27.1. The van der Waals surface area contributed by atoms with E-state index in [0.717, 1.165) is 25.7 Å². The lowest BCUT2D eigenvalue weighted by Crippen LogP contribution is -1.86. The van der Waals surface area contributed by atoms with E-state index in [9.17, 15) is 9.59 Å². The molecule has 0 atom stereocenters. The van der Waals surface area contributed by atoms with E-state index >= 15 is 0 Å². The van der Waals surface area contributed by atoms with Crippen molar-refractivity contribution in [2.24, 2.45) is 0 Å². The highest BCUT2D eigenvalue weighted by molar-refractivity contribution is 5.79. The first-order valence-electron chi connectivity index (χ1n) is 27.1. The van der Waals surface area contributed by atoms with Gasteiger partial charge in [0.15, 0.2) is 0 Å². The maximum absolute atomic E-state index is 10.4. The molecule has 0 radical (unpaired) electrons.